The Morgan fingerprint density at radius 3 is 2.48 bits per heavy atom. The van der Waals surface area contributed by atoms with Crippen LogP contribution in [0, 0.1) is 5.92 Å². The van der Waals surface area contributed by atoms with Gasteiger partial charge < -0.3 is 14.8 Å². The van der Waals surface area contributed by atoms with Crippen molar-refractivity contribution in [3.05, 3.63) is 54.1 Å². The lowest BCUT2D eigenvalue weighted by atomic mass is 9.87. The number of unbranched alkanes of at least 4 members (excludes halogenated alkanes) is 1. The zero-order valence-electron chi connectivity index (χ0n) is 17.5. The van der Waals surface area contributed by atoms with Crippen LogP contribution in [-0.2, 0) is 0 Å². The molecule has 156 valence electrons. The molecule has 1 aliphatic rings. The Morgan fingerprint density at radius 1 is 0.966 bits per heavy atom. The Kier molecular flexibility index (Phi) is 8.41. The first kappa shape index (κ1) is 21.2. The van der Waals surface area contributed by atoms with Gasteiger partial charge in [-0.25, -0.2) is 0 Å². The molecule has 4 nitrogen and oxygen atoms in total. The van der Waals surface area contributed by atoms with Gasteiger partial charge in [0.25, 0.3) is 5.91 Å². The Morgan fingerprint density at radius 2 is 1.72 bits per heavy atom. The monoisotopic (exact) mass is 395 g/mol. The second-order valence-electron chi connectivity index (χ2n) is 7.82. The summed E-state index contributed by atoms with van der Waals surface area (Å²) in [4.78, 5) is 12.7. The maximum Gasteiger partial charge on any atom is 0.259 e. The third kappa shape index (κ3) is 6.81. The molecule has 1 aliphatic carbocycles. The molecule has 0 spiro atoms. The minimum Gasteiger partial charge on any atom is -0.494 e. The first-order valence-corrected chi connectivity index (χ1v) is 11.0. The summed E-state index contributed by atoms with van der Waals surface area (Å²) in [7, 11) is 0. The molecule has 4 heteroatoms. The standard InChI is InChI=1S/C25H33NO3/c1-2-3-18-29-24-12-8-7-11-23(24)25(27)26-21-13-15-22(16-14-21)28-19-17-20-9-5-4-6-10-20/h7-8,11-16,20H,2-6,9-10,17-19H2,1H3,(H,26,27). The zero-order chi connectivity index (χ0) is 20.3. The molecule has 0 heterocycles. The molecule has 2 aromatic rings. The third-order valence-electron chi connectivity index (χ3n) is 5.52. The van der Waals surface area contributed by atoms with Crippen molar-refractivity contribution in [1.82, 2.24) is 0 Å². The maximum atomic E-state index is 12.7. The molecule has 1 fully saturated rings. The van der Waals surface area contributed by atoms with E-state index in [1.165, 1.54) is 32.1 Å². The van der Waals surface area contributed by atoms with Crippen molar-refractivity contribution in [3.63, 3.8) is 0 Å². The number of hydrogen-bond donors (Lipinski definition) is 1. The van der Waals surface area contributed by atoms with Crippen LogP contribution in [0.2, 0.25) is 0 Å². The van der Waals surface area contributed by atoms with E-state index in [1.54, 1.807) is 6.07 Å². The minimum atomic E-state index is -0.164. The van der Waals surface area contributed by atoms with E-state index in [0.717, 1.165) is 43.2 Å². The molecule has 2 aromatic carbocycles. The quantitative estimate of drug-likeness (QED) is 0.469. The smallest absolute Gasteiger partial charge is 0.259 e. The third-order valence-corrected chi connectivity index (χ3v) is 5.52. The van der Waals surface area contributed by atoms with Crippen LogP contribution in [0.3, 0.4) is 0 Å². The maximum absolute atomic E-state index is 12.7. The first-order chi connectivity index (χ1) is 14.3. The number of amides is 1. The lowest BCUT2D eigenvalue weighted by molar-refractivity contribution is 0.102. The predicted molar refractivity (Wildman–Crippen MR) is 118 cm³/mol. The van der Waals surface area contributed by atoms with Crippen molar-refractivity contribution in [2.24, 2.45) is 5.92 Å². The number of anilines is 1. The average Bonchev–Trinajstić information content (AvgIpc) is 2.76. The van der Waals surface area contributed by atoms with E-state index in [9.17, 15) is 4.79 Å². The highest BCUT2D eigenvalue weighted by Gasteiger charge is 2.14. The average molecular weight is 396 g/mol. The molecule has 1 amide bonds. The van der Waals surface area contributed by atoms with E-state index in [1.807, 2.05) is 42.5 Å². The van der Waals surface area contributed by atoms with Gasteiger partial charge in [-0.2, -0.15) is 0 Å². The number of nitrogens with one attached hydrogen (secondary N) is 1. The molecule has 3 rings (SSSR count). The van der Waals surface area contributed by atoms with Gasteiger partial charge in [0.15, 0.2) is 0 Å². The van der Waals surface area contributed by atoms with E-state index in [-0.39, 0.29) is 5.91 Å². The molecular weight excluding hydrogens is 362 g/mol. The molecule has 0 aromatic heterocycles. The van der Waals surface area contributed by atoms with E-state index < -0.39 is 0 Å². The molecule has 0 unspecified atom stereocenters. The van der Waals surface area contributed by atoms with Crippen LogP contribution in [0.25, 0.3) is 0 Å². The van der Waals surface area contributed by atoms with Crippen LogP contribution in [0.4, 0.5) is 5.69 Å². The van der Waals surface area contributed by atoms with Gasteiger partial charge in [0, 0.05) is 5.69 Å². The molecule has 1 saturated carbocycles. The topological polar surface area (TPSA) is 47.6 Å². The van der Waals surface area contributed by atoms with E-state index in [0.29, 0.717) is 17.9 Å². The molecule has 0 radical (unpaired) electrons. The molecule has 0 saturated heterocycles. The van der Waals surface area contributed by atoms with Crippen molar-refractivity contribution in [1.29, 1.82) is 0 Å². The number of ether oxygens (including phenoxy) is 2. The Labute approximate surface area is 174 Å². The van der Waals surface area contributed by atoms with Crippen LogP contribution in [0.5, 0.6) is 11.5 Å². The van der Waals surface area contributed by atoms with E-state index >= 15 is 0 Å². The summed E-state index contributed by atoms with van der Waals surface area (Å²) in [6, 6.07) is 15.0. The highest BCUT2D eigenvalue weighted by Crippen LogP contribution is 2.27. The van der Waals surface area contributed by atoms with Gasteiger partial charge in [0.05, 0.1) is 18.8 Å². The van der Waals surface area contributed by atoms with Crippen molar-refractivity contribution in [2.75, 3.05) is 18.5 Å². The van der Waals surface area contributed by atoms with Crippen LogP contribution in [0.1, 0.15) is 68.6 Å². The number of para-hydroxylation sites is 1. The zero-order valence-corrected chi connectivity index (χ0v) is 17.5. The number of benzene rings is 2. The number of carbonyl (C=O) groups excluding carboxylic acids is 1. The number of carbonyl (C=O) groups is 1. The lowest BCUT2D eigenvalue weighted by Gasteiger charge is -2.21. The first-order valence-electron chi connectivity index (χ1n) is 11.0. The van der Waals surface area contributed by atoms with Gasteiger partial charge in [0.2, 0.25) is 0 Å². The van der Waals surface area contributed by atoms with Crippen molar-refractivity contribution in [3.8, 4) is 11.5 Å². The summed E-state index contributed by atoms with van der Waals surface area (Å²) < 4.78 is 11.7. The highest BCUT2D eigenvalue weighted by atomic mass is 16.5. The predicted octanol–water partition coefficient (Wildman–Crippen LogP) is 6.47. The summed E-state index contributed by atoms with van der Waals surface area (Å²) >= 11 is 0. The largest absolute Gasteiger partial charge is 0.494 e. The van der Waals surface area contributed by atoms with Gasteiger partial charge in [-0.05, 0) is 55.2 Å². The SMILES string of the molecule is CCCCOc1ccccc1C(=O)Nc1ccc(OCCC2CCCCC2)cc1. The molecule has 29 heavy (non-hydrogen) atoms. The Balaban J connectivity index is 1.49. The van der Waals surface area contributed by atoms with Gasteiger partial charge >= 0.3 is 0 Å². The molecule has 0 bridgehead atoms. The number of rotatable bonds is 10. The fraction of sp³-hybridized carbons (Fsp3) is 0.480. The van der Waals surface area contributed by atoms with Crippen molar-refractivity contribution >= 4 is 11.6 Å². The molecule has 0 aliphatic heterocycles. The fourth-order valence-electron chi connectivity index (χ4n) is 3.76. The van der Waals surface area contributed by atoms with E-state index in [4.69, 9.17) is 9.47 Å². The summed E-state index contributed by atoms with van der Waals surface area (Å²) in [5.41, 5.74) is 1.30. The second kappa shape index (κ2) is 11.5. The van der Waals surface area contributed by atoms with Gasteiger partial charge in [-0.3, -0.25) is 4.79 Å². The second-order valence-corrected chi connectivity index (χ2v) is 7.82. The van der Waals surface area contributed by atoms with Gasteiger partial charge in [-0.1, -0.05) is 57.6 Å². The highest BCUT2D eigenvalue weighted by molar-refractivity contribution is 6.06. The Hall–Kier alpha value is -2.49. The van der Waals surface area contributed by atoms with Gasteiger partial charge in [0.1, 0.15) is 11.5 Å². The van der Waals surface area contributed by atoms with Crippen LogP contribution >= 0.6 is 0 Å². The van der Waals surface area contributed by atoms with Crippen LogP contribution in [-0.4, -0.2) is 19.1 Å². The fourth-order valence-corrected chi connectivity index (χ4v) is 3.76. The summed E-state index contributed by atoms with van der Waals surface area (Å²) in [6.07, 6.45) is 9.97. The molecule has 0 atom stereocenters. The minimum absolute atomic E-state index is 0.164. The van der Waals surface area contributed by atoms with Crippen molar-refractivity contribution < 1.29 is 14.3 Å². The lowest BCUT2D eigenvalue weighted by Crippen LogP contribution is -2.14. The summed E-state index contributed by atoms with van der Waals surface area (Å²) in [5.74, 6) is 2.13. The van der Waals surface area contributed by atoms with Gasteiger partial charge in [-0.15, -0.1) is 0 Å². The molecular formula is C25H33NO3. The number of hydrogen-bond acceptors (Lipinski definition) is 3. The van der Waals surface area contributed by atoms with E-state index in [2.05, 4.69) is 12.2 Å². The normalized spacial score (nSPS) is 14.4. The Bertz CT molecular complexity index is 751. The van der Waals surface area contributed by atoms with Crippen LogP contribution in [0.15, 0.2) is 48.5 Å². The molecule has 1 N–H and O–H groups in total. The summed E-state index contributed by atoms with van der Waals surface area (Å²) in [6.45, 7) is 3.50. The van der Waals surface area contributed by atoms with Crippen LogP contribution < -0.4 is 14.8 Å². The summed E-state index contributed by atoms with van der Waals surface area (Å²) in [5, 5.41) is 2.95. The van der Waals surface area contributed by atoms with Crippen molar-refractivity contribution in [2.45, 2.75) is 58.3 Å².